The molecule has 0 atom stereocenters. The van der Waals surface area contributed by atoms with E-state index in [0.29, 0.717) is 18.4 Å². The molecule has 5 heteroatoms. The smallest absolute Gasteiger partial charge is 0.257 e. The Morgan fingerprint density at radius 1 is 1.14 bits per heavy atom. The number of halogens is 3. The van der Waals surface area contributed by atoms with Gasteiger partial charge in [0.2, 0.25) is 0 Å². The fourth-order valence-electron chi connectivity index (χ4n) is 2.00. The van der Waals surface area contributed by atoms with Gasteiger partial charge in [0, 0.05) is 18.4 Å². The highest BCUT2D eigenvalue weighted by Gasteiger charge is 2.20. The molecule has 2 aromatic carbocycles. The van der Waals surface area contributed by atoms with Crippen LogP contribution in [0.1, 0.15) is 15.9 Å². The van der Waals surface area contributed by atoms with Gasteiger partial charge in [0.05, 0.1) is 10.6 Å². The second-order valence-electron chi connectivity index (χ2n) is 4.50. The van der Waals surface area contributed by atoms with Crippen LogP contribution in [0.25, 0.3) is 0 Å². The molecular formula is C16H14BrClFNO. The highest BCUT2D eigenvalue weighted by molar-refractivity contribution is 9.09. The molecule has 2 rings (SSSR count). The first-order valence-electron chi connectivity index (χ1n) is 6.46. The largest absolute Gasteiger partial charge is 0.333 e. The maximum Gasteiger partial charge on any atom is 0.257 e. The Hall–Kier alpha value is -1.39. The number of hydrogen-bond donors (Lipinski definition) is 0. The van der Waals surface area contributed by atoms with Crippen molar-refractivity contribution in [1.29, 1.82) is 0 Å². The van der Waals surface area contributed by atoms with Crippen LogP contribution in [0.15, 0.2) is 48.5 Å². The molecule has 0 aliphatic carbocycles. The number of carbonyl (C=O) groups is 1. The summed E-state index contributed by atoms with van der Waals surface area (Å²) in [4.78, 5) is 14.1. The number of benzene rings is 2. The fraction of sp³-hybridized carbons (Fsp3) is 0.188. The van der Waals surface area contributed by atoms with Gasteiger partial charge < -0.3 is 4.90 Å². The number of carbonyl (C=O) groups excluding carboxylic acids is 1. The van der Waals surface area contributed by atoms with E-state index in [1.807, 2.05) is 30.3 Å². The summed E-state index contributed by atoms with van der Waals surface area (Å²) in [6.07, 6.45) is 0. The molecule has 2 nitrogen and oxygen atoms in total. The van der Waals surface area contributed by atoms with Crippen LogP contribution in [0, 0.1) is 5.82 Å². The van der Waals surface area contributed by atoms with E-state index in [2.05, 4.69) is 15.9 Å². The van der Waals surface area contributed by atoms with Crippen LogP contribution in [0.4, 0.5) is 4.39 Å². The molecule has 0 saturated heterocycles. The van der Waals surface area contributed by atoms with Crippen molar-refractivity contribution >= 4 is 33.4 Å². The summed E-state index contributed by atoms with van der Waals surface area (Å²) < 4.78 is 14.0. The molecule has 2 aromatic rings. The first-order chi connectivity index (χ1) is 10.1. The van der Waals surface area contributed by atoms with Gasteiger partial charge in [-0.3, -0.25) is 4.79 Å². The second-order valence-corrected chi connectivity index (χ2v) is 5.70. The Bertz CT molecular complexity index is 621. The van der Waals surface area contributed by atoms with Crippen molar-refractivity contribution in [3.63, 3.8) is 0 Å². The summed E-state index contributed by atoms with van der Waals surface area (Å²) in [5.41, 5.74) is 0.994. The summed E-state index contributed by atoms with van der Waals surface area (Å²) in [7, 11) is 0. The third-order valence-electron chi connectivity index (χ3n) is 3.04. The van der Waals surface area contributed by atoms with E-state index in [1.165, 1.54) is 12.1 Å². The first kappa shape index (κ1) is 16.0. The van der Waals surface area contributed by atoms with Gasteiger partial charge in [-0.1, -0.05) is 63.9 Å². The first-order valence-corrected chi connectivity index (χ1v) is 7.96. The average Bonchev–Trinajstić information content (AvgIpc) is 2.50. The zero-order chi connectivity index (χ0) is 15.2. The van der Waals surface area contributed by atoms with Crippen molar-refractivity contribution in [3.05, 3.63) is 70.5 Å². The zero-order valence-corrected chi connectivity index (χ0v) is 13.6. The van der Waals surface area contributed by atoms with Gasteiger partial charge in [-0.2, -0.15) is 0 Å². The van der Waals surface area contributed by atoms with Gasteiger partial charge >= 0.3 is 0 Å². The summed E-state index contributed by atoms with van der Waals surface area (Å²) >= 11 is 9.07. The number of amides is 1. The maximum atomic E-state index is 14.0. The number of nitrogens with zero attached hydrogens (tertiary/aromatic N) is 1. The lowest BCUT2D eigenvalue weighted by Crippen LogP contribution is -2.32. The molecule has 0 unspecified atom stereocenters. The highest BCUT2D eigenvalue weighted by Crippen LogP contribution is 2.20. The minimum Gasteiger partial charge on any atom is -0.333 e. The second kappa shape index (κ2) is 7.57. The highest BCUT2D eigenvalue weighted by atomic mass is 79.9. The van der Waals surface area contributed by atoms with Gasteiger partial charge in [0.25, 0.3) is 5.91 Å². The minimum absolute atomic E-state index is 0.000573. The van der Waals surface area contributed by atoms with Crippen LogP contribution in [0.2, 0.25) is 5.02 Å². The van der Waals surface area contributed by atoms with E-state index in [1.54, 1.807) is 11.0 Å². The van der Waals surface area contributed by atoms with Gasteiger partial charge in [-0.25, -0.2) is 4.39 Å². The average molecular weight is 371 g/mol. The molecule has 0 aliphatic heterocycles. The molecule has 1 amide bonds. The van der Waals surface area contributed by atoms with Crippen LogP contribution < -0.4 is 0 Å². The lowest BCUT2D eigenvalue weighted by atomic mass is 10.1. The van der Waals surface area contributed by atoms with E-state index in [4.69, 9.17) is 11.6 Å². The van der Waals surface area contributed by atoms with Crippen molar-refractivity contribution in [2.75, 3.05) is 11.9 Å². The SMILES string of the molecule is O=C(c1cccc(Cl)c1F)N(CCBr)Cc1ccccc1. The monoisotopic (exact) mass is 369 g/mol. The van der Waals surface area contributed by atoms with Crippen molar-refractivity contribution in [1.82, 2.24) is 4.90 Å². The van der Waals surface area contributed by atoms with Crippen molar-refractivity contribution in [2.45, 2.75) is 6.54 Å². The Balaban J connectivity index is 2.25. The molecular weight excluding hydrogens is 357 g/mol. The topological polar surface area (TPSA) is 20.3 Å². The summed E-state index contributed by atoms with van der Waals surface area (Å²) in [6, 6.07) is 14.1. The Kier molecular flexibility index (Phi) is 5.76. The van der Waals surface area contributed by atoms with Gasteiger partial charge in [-0.15, -0.1) is 0 Å². The van der Waals surface area contributed by atoms with Crippen LogP contribution in [-0.2, 0) is 6.54 Å². The molecule has 0 bridgehead atoms. The number of alkyl halides is 1. The van der Waals surface area contributed by atoms with E-state index in [0.717, 1.165) is 5.56 Å². The molecule has 0 fully saturated rings. The third kappa shape index (κ3) is 4.05. The molecule has 0 saturated carbocycles. The summed E-state index contributed by atoms with van der Waals surface area (Å²) in [5, 5.41) is 0.577. The van der Waals surface area contributed by atoms with E-state index >= 15 is 0 Å². The maximum absolute atomic E-state index is 14.0. The predicted octanol–water partition coefficient (Wildman–Crippen LogP) is 4.52. The van der Waals surface area contributed by atoms with E-state index in [-0.39, 0.29) is 16.5 Å². The number of rotatable bonds is 5. The molecule has 0 aliphatic rings. The molecule has 0 aromatic heterocycles. The Morgan fingerprint density at radius 2 is 1.86 bits per heavy atom. The van der Waals surface area contributed by atoms with E-state index in [9.17, 15) is 9.18 Å². The van der Waals surface area contributed by atoms with Gasteiger partial charge in [0.1, 0.15) is 0 Å². The number of hydrogen-bond acceptors (Lipinski definition) is 1. The molecule has 21 heavy (non-hydrogen) atoms. The van der Waals surface area contributed by atoms with Gasteiger partial charge in [-0.05, 0) is 17.7 Å². The lowest BCUT2D eigenvalue weighted by molar-refractivity contribution is 0.0750. The van der Waals surface area contributed by atoms with Gasteiger partial charge in [0.15, 0.2) is 5.82 Å². The van der Waals surface area contributed by atoms with Crippen molar-refractivity contribution in [2.24, 2.45) is 0 Å². The van der Waals surface area contributed by atoms with Crippen LogP contribution in [0.3, 0.4) is 0 Å². The third-order valence-corrected chi connectivity index (χ3v) is 3.69. The Labute approximate surface area is 136 Å². The molecule has 0 heterocycles. The molecule has 0 radical (unpaired) electrons. The summed E-state index contributed by atoms with van der Waals surface area (Å²) in [5.74, 6) is -1.03. The van der Waals surface area contributed by atoms with Crippen molar-refractivity contribution < 1.29 is 9.18 Å². The standard InChI is InChI=1S/C16H14BrClFNO/c17-9-10-20(11-12-5-2-1-3-6-12)16(21)13-7-4-8-14(18)15(13)19/h1-8H,9-11H2. The molecule has 0 spiro atoms. The summed E-state index contributed by atoms with van der Waals surface area (Å²) in [6.45, 7) is 0.914. The molecule has 0 N–H and O–H groups in total. The predicted molar refractivity (Wildman–Crippen MR) is 86.4 cm³/mol. The quantitative estimate of drug-likeness (QED) is 0.709. The normalized spacial score (nSPS) is 10.4. The Morgan fingerprint density at radius 3 is 2.52 bits per heavy atom. The van der Waals surface area contributed by atoms with Crippen LogP contribution >= 0.6 is 27.5 Å². The minimum atomic E-state index is -0.670. The zero-order valence-electron chi connectivity index (χ0n) is 11.2. The molecule has 110 valence electrons. The van der Waals surface area contributed by atoms with Crippen LogP contribution in [0.5, 0.6) is 0 Å². The van der Waals surface area contributed by atoms with Crippen LogP contribution in [-0.4, -0.2) is 22.7 Å². The van der Waals surface area contributed by atoms with E-state index < -0.39 is 5.82 Å². The van der Waals surface area contributed by atoms with Crippen molar-refractivity contribution in [3.8, 4) is 0 Å². The lowest BCUT2D eigenvalue weighted by Gasteiger charge is -2.22. The fourth-order valence-corrected chi connectivity index (χ4v) is 2.60.